The Kier molecular flexibility index (Phi) is 4.45. The Morgan fingerprint density at radius 3 is 2.81 bits per heavy atom. The van der Waals surface area contributed by atoms with E-state index >= 15 is 0 Å². The molecular formula is C12H12BrN3O4S. The molecule has 0 spiro atoms. The first-order valence-electron chi connectivity index (χ1n) is 5.83. The highest BCUT2D eigenvalue weighted by atomic mass is 79.9. The van der Waals surface area contributed by atoms with Crippen molar-refractivity contribution in [2.24, 2.45) is 0 Å². The molecule has 21 heavy (non-hydrogen) atoms. The Morgan fingerprint density at radius 2 is 2.19 bits per heavy atom. The monoisotopic (exact) mass is 373 g/mol. The van der Waals surface area contributed by atoms with Crippen molar-refractivity contribution in [2.75, 3.05) is 0 Å². The third-order valence-corrected chi connectivity index (χ3v) is 4.77. The van der Waals surface area contributed by atoms with Gasteiger partial charge >= 0.3 is 5.97 Å². The summed E-state index contributed by atoms with van der Waals surface area (Å²) >= 11 is 3.29. The van der Waals surface area contributed by atoms with Crippen molar-refractivity contribution >= 4 is 31.9 Å². The number of aromatic nitrogens is 2. The summed E-state index contributed by atoms with van der Waals surface area (Å²) in [5.74, 6) is -1.40. The number of aromatic carboxylic acids is 1. The van der Waals surface area contributed by atoms with Gasteiger partial charge in [-0.2, -0.15) is 5.10 Å². The fraction of sp³-hybridized carbons (Fsp3) is 0.167. The molecule has 0 fully saturated rings. The molecule has 0 saturated heterocycles. The molecule has 0 aliphatic carbocycles. The van der Waals surface area contributed by atoms with Gasteiger partial charge in [-0.3, -0.25) is 5.10 Å². The van der Waals surface area contributed by atoms with Gasteiger partial charge in [0.1, 0.15) is 4.90 Å². The molecule has 1 aromatic carbocycles. The van der Waals surface area contributed by atoms with E-state index in [-0.39, 0.29) is 17.1 Å². The second-order valence-corrected chi connectivity index (χ2v) is 6.91. The van der Waals surface area contributed by atoms with Gasteiger partial charge in [-0.1, -0.05) is 28.1 Å². The molecule has 3 N–H and O–H groups in total. The number of aryl methyl sites for hydroxylation is 1. The maximum absolute atomic E-state index is 12.3. The van der Waals surface area contributed by atoms with E-state index in [0.29, 0.717) is 0 Å². The van der Waals surface area contributed by atoms with Gasteiger partial charge in [-0.05, 0) is 24.6 Å². The van der Waals surface area contributed by atoms with E-state index in [0.717, 1.165) is 10.0 Å². The van der Waals surface area contributed by atoms with Crippen LogP contribution in [0.4, 0.5) is 0 Å². The average Bonchev–Trinajstić information content (AvgIpc) is 2.80. The van der Waals surface area contributed by atoms with Crippen LogP contribution in [0.1, 0.15) is 21.7 Å². The zero-order chi connectivity index (χ0) is 15.6. The van der Waals surface area contributed by atoms with Crippen molar-refractivity contribution in [2.45, 2.75) is 18.4 Å². The summed E-state index contributed by atoms with van der Waals surface area (Å²) in [6.45, 7) is 1.50. The van der Waals surface area contributed by atoms with E-state index in [9.17, 15) is 13.2 Å². The van der Waals surface area contributed by atoms with Crippen LogP contribution >= 0.6 is 15.9 Å². The predicted molar refractivity (Wildman–Crippen MR) is 78.5 cm³/mol. The summed E-state index contributed by atoms with van der Waals surface area (Å²) in [6, 6.07) is 7.12. The lowest BCUT2D eigenvalue weighted by atomic mass is 10.2. The van der Waals surface area contributed by atoms with E-state index in [1.54, 1.807) is 18.2 Å². The Morgan fingerprint density at radius 1 is 1.48 bits per heavy atom. The molecule has 0 radical (unpaired) electrons. The van der Waals surface area contributed by atoms with Gasteiger partial charge in [0, 0.05) is 11.0 Å². The Balaban J connectivity index is 2.27. The third kappa shape index (κ3) is 3.49. The SMILES string of the molecule is Cc1[nH]nc(C(=O)O)c1S(=O)(=O)NCc1cccc(Br)c1. The normalized spacial score (nSPS) is 11.5. The Labute approximate surface area is 129 Å². The van der Waals surface area contributed by atoms with Gasteiger partial charge in [0.2, 0.25) is 10.0 Å². The molecular weight excluding hydrogens is 362 g/mol. The van der Waals surface area contributed by atoms with Gasteiger partial charge in [0.25, 0.3) is 0 Å². The largest absolute Gasteiger partial charge is 0.476 e. The third-order valence-electron chi connectivity index (χ3n) is 2.72. The highest BCUT2D eigenvalue weighted by Gasteiger charge is 2.27. The number of carboxylic acids is 1. The molecule has 2 rings (SSSR count). The number of halogens is 1. The van der Waals surface area contributed by atoms with Crippen LogP contribution in [-0.2, 0) is 16.6 Å². The fourth-order valence-corrected chi connectivity index (χ4v) is 3.57. The minimum Gasteiger partial charge on any atom is -0.476 e. The molecule has 0 atom stereocenters. The zero-order valence-electron chi connectivity index (χ0n) is 10.9. The fourth-order valence-electron chi connectivity index (χ4n) is 1.79. The van der Waals surface area contributed by atoms with Crippen LogP contribution in [0, 0.1) is 6.92 Å². The van der Waals surface area contributed by atoms with Crippen molar-refractivity contribution < 1.29 is 18.3 Å². The summed E-state index contributed by atoms with van der Waals surface area (Å²) < 4.78 is 27.7. The molecule has 0 unspecified atom stereocenters. The van der Waals surface area contributed by atoms with Crippen molar-refractivity contribution in [1.29, 1.82) is 0 Å². The number of aromatic amines is 1. The average molecular weight is 374 g/mol. The number of rotatable bonds is 5. The molecule has 1 heterocycles. The van der Waals surface area contributed by atoms with Crippen LogP contribution in [0.2, 0.25) is 0 Å². The van der Waals surface area contributed by atoms with Gasteiger partial charge in [0.15, 0.2) is 5.69 Å². The highest BCUT2D eigenvalue weighted by molar-refractivity contribution is 9.10. The first-order valence-corrected chi connectivity index (χ1v) is 8.11. The molecule has 0 amide bonds. The van der Waals surface area contributed by atoms with Crippen LogP contribution < -0.4 is 4.72 Å². The number of hydrogen-bond acceptors (Lipinski definition) is 4. The first-order chi connectivity index (χ1) is 9.81. The van der Waals surface area contributed by atoms with E-state index in [4.69, 9.17) is 5.11 Å². The van der Waals surface area contributed by atoms with Gasteiger partial charge in [-0.15, -0.1) is 0 Å². The second kappa shape index (κ2) is 5.96. The summed E-state index contributed by atoms with van der Waals surface area (Å²) in [5.41, 5.74) is 0.398. The smallest absolute Gasteiger partial charge is 0.357 e. The number of carboxylic acid groups (broad SMARTS) is 1. The van der Waals surface area contributed by atoms with Crippen LogP contribution in [-0.4, -0.2) is 29.7 Å². The van der Waals surface area contributed by atoms with Crippen LogP contribution in [0.15, 0.2) is 33.6 Å². The summed E-state index contributed by atoms with van der Waals surface area (Å²) in [5, 5.41) is 14.9. The van der Waals surface area contributed by atoms with Crippen LogP contribution in [0.5, 0.6) is 0 Å². The summed E-state index contributed by atoms with van der Waals surface area (Å²) in [6.07, 6.45) is 0. The zero-order valence-corrected chi connectivity index (χ0v) is 13.3. The molecule has 7 nitrogen and oxygen atoms in total. The lowest BCUT2D eigenvalue weighted by molar-refractivity contribution is 0.0686. The molecule has 0 saturated carbocycles. The quantitative estimate of drug-likeness (QED) is 0.737. The van der Waals surface area contributed by atoms with Crippen molar-refractivity contribution in [3.05, 3.63) is 45.7 Å². The number of benzene rings is 1. The number of H-pyrrole nitrogens is 1. The molecule has 0 bridgehead atoms. The minimum absolute atomic E-state index is 0.0471. The van der Waals surface area contributed by atoms with Crippen molar-refractivity contribution in [3.8, 4) is 0 Å². The summed E-state index contributed by atoms with van der Waals surface area (Å²) in [4.78, 5) is 10.7. The van der Waals surface area contributed by atoms with E-state index in [2.05, 4.69) is 30.8 Å². The molecule has 112 valence electrons. The maximum Gasteiger partial charge on any atom is 0.357 e. The molecule has 9 heteroatoms. The van der Waals surface area contributed by atoms with E-state index < -0.39 is 21.7 Å². The lowest BCUT2D eigenvalue weighted by Gasteiger charge is -2.07. The number of carbonyl (C=O) groups is 1. The van der Waals surface area contributed by atoms with Crippen molar-refractivity contribution in [1.82, 2.24) is 14.9 Å². The predicted octanol–water partition coefficient (Wildman–Crippen LogP) is 1.66. The van der Waals surface area contributed by atoms with Gasteiger partial charge < -0.3 is 5.11 Å². The van der Waals surface area contributed by atoms with Crippen LogP contribution in [0.25, 0.3) is 0 Å². The molecule has 2 aromatic rings. The number of nitrogens with zero attached hydrogens (tertiary/aromatic N) is 1. The lowest BCUT2D eigenvalue weighted by Crippen LogP contribution is -2.25. The highest BCUT2D eigenvalue weighted by Crippen LogP contribution is 2.18. The number of hydrogen-bond donors (Lipinski definition) is 3. The second-order valence-electron chi connectivity index (χ2n) is 4.29. The standard InChI is InChI=1S/C12H12BrN3O4S/c1-7-11(10(12(17)18)16-15-7)21(19,20)14-6-8-3-2-4-9(13)5-8/h2-5,14H,6H2,1H3,(H,15,16)(H,17,18). The first kappa shape index (κ1) is 15.7. The van der Waals surface area contributed by atoms with Gasteiger partial charge in [-0.25, -0.2) is 17.9 Å². The Bertz CT molecular complexity index is 786. The minimum atomic E-state index is -3.97. The van der Waals surface area contributed by atoms with Crippen LogP contribution in [0.3, 0.4) is 0 Å². The topological polar surface area (TPSA) is 112 Å². The van der Waals surface area contributed by atoms with Gasteiger partial charge in [0.05, 0.1) is 5.69 Å². The molecule has 1 aromatic heterocycles. The molecule has 0 aliphatic heterocycles. The number of sulfonamides is 1. The van der Waals surface area contributed by atoms with E-state index in [1.165, 1.54) is 6.92 Å². The number of nitrogens with one attached hydrogen (secondary N) is 2. The summed E-state index contributed by atoms with van der Waals surface area (Å²) in [7, 11) is -3.97. The van der Waals surface area contributed by atoms with Crippen molar-refractivity contribution in [3.63, 3.8) is 0 Å². The maximum atomic E-state index is 12.3. The Hall–Kier alpha value is -1.71. The molecule has 0 aliphatic rings. The van der Waals surface area contributed by atoms with E-state index in [1.807, 2.05) is 6.07 Å².